The lowest BCUT2D eigenvalue weighted by Crippen LogP contribution is -2.24. The van der Waals surface area contributed by atoms with Crippen molar-refractivity contribution in [1.29, 1.82) is 0 Å². The summed E-state index contributed by atoms with van der Waals surface area (Å²) in [7, 11) is 0. The van der Waals surface area contributed by atoms with Crippen LogP contribution in [0, 0.1) is 0 Å². The number of H-pyrrole nitrogens is 1. The van der Waals surface area contributed by atoms with Gasteiger partial charge < -0.3 is 9.72 Å². The van der Waals surface area contributed by atoms with Crippen LogP contribution < -0.4 is 5.56 Å². The highest BCUT2D eigenvalue weighted by Gasteiger charge is 2.17. The molecule has 0 saturated heterocycles. The lowest BCUT2D eigenvalue weighted by atomic mass is 9.97. The molecule has 1 atom stereocenters. The van der Waals surface area contributed by atoms with Crippen molar-refractivity contribution in [2.75, 3.05) is 6.61 Å². The summed E-state index contributed by atoms with van der Waals surface area (Å²) >= 11 is 0. The Hall–Kier alpha value is -1.16. The van der Waals surface area contributed by atoms with Crippen molar-refractivity contribution in [2.45, 2.75) is 45.6 Å². The second-order valence-electron chi connectivity index (χ2n) is 4.18. The maximum Gasteiger partial charge on any atom is 0.254 e. The molecule has 88 valence electrons. The van der Waals surface area contributed by atoms with Crippen LogP contribution in [0.25, 0.3) is 0 Å². The summed E-state index contributed by atoms with van der Waals surface area (Å²) in [5, 5.41) is 0. The maximum absolute atomic E-state index is 11.8. The van der Waals surface area contributed by atoms with Crippen molar-refractivity contribution < 1.29 is 4.74 Å². The number of nitrogens with zero attached hydrogens (tertiary/aromatic N) is 1. The van der Waals surface area contributed by atoms with Crippen molar-refractivity contribution in [3.63, 3.8) is 0 Å². The molecule has 0 aliphatic heterocycles. The van der Waals surface area contributed by atoms with Crippen LogP contribution in [0.4, 0.5) is 0 Å². The van der Waals surface area contributed by atoms with Gasteiger partial charge in [-0.25, -0.2) is 4.98 Å². The number of hydrogen-bond donors (Lipinski definition) is 1. The second-order valence-corrected chi connectivity index (χ2v) is 4.18. The first-order valence-corrected chi connectivity index (χ1v) is 5.96. The third-order valence-electron chi connectivity index (χ3n) is 3.01. The minimum atomic E-state index is -0.134. The summed E-state index contributed by atoms with van der Waals surface area (Å²) in [6, 6.07) is 0. The van der Waals surface area contributed by atoms with Crippen LogP contribution >= 0.6 is 0 Å². The molecule has 2 rings (SSSR count). The molecule has 4 nitrogen and oxygen atoms in total. The normalized spacial score (nSPS) is 16.9. The summed E-state index contributed by atoms with van der Waals surface area (Å²) in [5.74, 6) is 0.660. The number of fused-ring (bicyclic) bond motifs is 1. The van der Waals surface area contributed by atoms with E-state index in [1.807, 2.05) is 13.8 Å². The third-order valence-corrected chi connectivity index (χ3v) is 3.01. The molecule has 4 heteroatoms. The van der Waals surface area contributed by atoms with E-state index >= 15 is 0 Å². The Morgan fingerprint density at radius 1 is 1.44 bits per heavy atom. The summed E-state index contributed by atoms with van der Waals surface area (Å²) in [6.07, 6.45) is 3.88. The number of aromatic nitrogens is 2. The number of ether oxygens (including phenoxy) is 1. The Morgan fingerprint density at radius 2 is 2.19 bits per heavy atom. The molecule has 0 aromatic carbocycles. The molecule has 1 aliphatic rings. The van der Waals surface area contributed by atoms with Crippen LogP contribution in [-0.2, 0) is 17.6 Å². The number of hydrogen-bond acceptors (Lipinski definition) is 3. The van der Waals surface area contributed by atoms with Gasteiger partial charge in [0.1, 0.15) is 11.9 Å². The van der Waals surface area contributed by atoms with Crippen LogP contribution in [0.15, 0.2) is 4.79 Å². The van der Waals surface area contributed by atoms with Crippen LogP contribution in [0.1, 0.15) is 49.9 Å². The van der Waals surface area contributed by atoms with Gasteiger partial charge in [0.15, 0.2) is 0 Å². The lowest BCUT2D eigenvalue weighted by Gasteiger charge is -2.17. The molecular weight excluding hydrogens is 204 g/mol. The zero-order valence-corrected chi connectivity index (χ0v) is 9.88. The molecule has 0 radical (unpaired) electrons. The Morgan fingerprint density at radius 3 is 2.94 bits per heavy atom. The molecule has 1 aromatic heterocycles. The van der Waals surface area contributed by atoms with E-state index in [1.165, 1.54) is 0 Å². The van der Waals surface area contributed by atoms with Gasteiger partial charge in [-0.15, -0.1) is 0 Å². The number of aromatic amines is 1. The van der Waals surface area contributed by atoms with Crippen LogP contribution in [-0.4, -0.2) is 16.6 Å². The first-order valence-electron chi connectivity index (χ1n) is 5.96. The zero-order chi connectivity index (χ0) is 11.5. The molecular formula is C12H18N2O2. The first-order chi connectivity index (χ1) is 7.72. The fraction of sp³-hybridized carbons (Fsp3) is 0.667. The average Bonchev–Trinajstić information content (AvgIpc) is 2.29. The smallest absolute Gasteiger partial charge is 0.254 e. The minimum absolute atomic E-state index is 0.0197. The van der Waals surface area contributed by atoms with E-state index in [2.05, 4.69) is 9.97 Å². The third kappa shape index (κ3) is 2.16. The van der Waals surface area contributed by atoms with Gasteiger partial charge in [-0.3, -0.25) is 4.79 Å². The summed E-state index contributed by atoms with van der Waals surface area (Å²) in [5.41, 5.74) is 1.86. The van der Waals surface area contributed by atoms with Gasteiger partial charge in [0.2, 0.25) is 0 Å². The van der Waals surface area contributed by atoms with Crippen molar-refractivity contribution >= 4 is 0 Å². The second kappa shape index (κ2) is 4.78. The largest absolute Gasteiger partial charge is 0.371 e. The van der Waals surface area contributed by atoms with Crippen LogP contribution in [0.2, 0.25) is 0 Å². The van der Waals surface area contributed by atoms with Gasteiger partial charge in [0.05, 0.1) is 5.69 Å². The van der Waals surface area contributed by atoms with E-state index in [0.29, 0.717) is 12.4 Å². The molecule has 0 spiro atoms. The average molecular weight is 222 g/mol. The Balaban J connectivity index is 2.35. The van der Waals surface area contributed by atoms with E-state index in [1.54, 1.807) is 0 Å². The Kier molecular flexibility index (Phi) is 3.39. The SMILES string of the molecule is CCOC(C)c1nc2c(c(=O)[nH]1)CCCC2. The van der Waals surface area contributed by atoms with Gasteiger partial charge >= 0.3 is 0 Å². The first kappa shape index (κ1) is 11.3. The summed E-state index contributed by atoms with van der Waals surface area (Å²) in [4.78, 5) is 19.2. The highest BCUT2D eigenvalue weighted by molar-refractivity contribution is 5.21. The number of nitrogens with one attached hydrogen (secondary N) is 1. The van der Waals surface area contributed by atoms with Gasteiger partial charge in [0, 0.05) is 12.2 Å². The molecule has 1 aromatic rings. The molecule has 1 unspecified atom stereocenters. The molecule has 16 heavy (non-hydrogen) atoms. The fourth-order valence-electron chi connectivity index (χ4n) is 2.14. The fourth-order valence-corrected chi connectivity index (χ4v) is 2.14. The highest BCUT2D eigenvalue weighted by atomic mass is 16.5. The topological polar surface area (TPSA) is 55.0 Å². The molecule has 0 bridgehead atoms. The zero-order valence-electron chi connectivity index (χ0n) is 9.88. The van der Waals surface area contributed by atoms with Crippen LogP contribution in [0.5, 0.6) is 0 Å². The van der Waals surface area contributed by atoms with Crippen molar-refractivity contribution in [3.05, 3.63) is 27.4 Å². The van der Waals surface area contributed by atoms with Crippen molar-refractivity contribution in [2.24, 2.45) is 0 Å². The monoisotopic (exact) mass is 222 g/mol. The summed E-state index contributed by atoms with van der Waals surface area (Å²) in [6.45, 7) is 4.48. The van der Waals surface area contributed by atoms with Gasteiger partial charge in [0.25, 0.3) is 5.56 Å². The number of aryl methyl sites for hydroxylation is 1. The Labute approximate surface area is 95.1 Å². The Bertz CT molecular complexity index is 426. The van der Waals surface area contributed by atoms with E-state index in [0.717, 1.165) is 36.9 Å². The standard InChI is InChI=1S/C12H18N2O2/c1-3-16-8(2)11-13-10-7-5-4-6-9(10)12(15)14-11/h8H,3-7H2,1-2H3,(H,13,14,15). The lowest BCUT2D eigenvalue weighted by molar-refractivity contribution is 0.0696. The molecule has 1 N–H and O–H groups in total. The maximum atomic E-state index is 11.8. The predicted molar refractivity (Wildman–Crippen MR) is 61.5 cm³/mol. The van der Waals surface area contributed by atoms with Crippen molar-refractivity contribution in [1.82, 2.24) is 9.97 Å². The van der Waals surface area contributed by atoms with Gasteiger partial charge in [-0.05, 0) is 39.5 Å². The van der Waals surface area contributed by atoms with Gasteiger partial charge in [-0.2, -0.15) is 0 Å². The molecule has 1 heterocycles. The van der Waals surface area contributed by atoms with Crippen LogP contribution in [0.3, 0.4) is 0 Å². The van der Waals surface area contributed by atoms with E-state index in [4.69, 9.17) is 4.74 Å². The quantitative estimate of drug-likeness (QED) is 0.847. The van der Waals surface area contributed by atoms with E-state index in [-0.39, 0.29) is 11.7 Å². The summed E-state index contributed by atoms with van der Waals surface area (Å²) < 4.78 is 5.44. The van der Waals surface area contributed by atoms with E-state index in [9.17, 15) is 4.79 Å². The molecule has 0 saturated carbocycles. The van der Waals surface area contributed by atoms with Gasteiger partial charge in [-0.1, -0.05) is 0 Å². The minimum Gasteiger partial charge on any atom is -0.371 e. The number of rotatable bonds is 3. The van der Waals surface area contributed by atoms with E-state index < -0.39 is 0 Å². The highest BCUT2D eigenvalue weighted by Crippen LogP contribution is 2.18. The molecule has 0 fully saturated rings. The molecule has 1 aliphatic carbocycles. The predicted octanol–water partition coefficient (Wildman–Crippen LogP) is 1.75. The van der Waals surface area contributed by atoms with Crippen molar-refractivity contribution in [3.8, 4) is 0 Å². The molecule has 0 amide bonds.